The van der Waals surface area contributed by atoms with Gasteiger partial charge in [0.2, 0.25) is 100 Å². The smallest absolute Gasteiger partial charge is 0.326 e. The average molecular weight is 2060 g/mol. The number of thiol groups is 1. The van der Waals surface area contributed by atoms with Crippen LogP contribution in [0.3, 0.4) is 0 Å². The number of hydrogen-bond donors (Lipinski definition) is 34. The van der Waals surface area contributed by atoms with E-state index < -0.39 is 301 Å². The SMILES string of the molecule is CC[C@H](C)[C@H](NC(=O)[C@H](CCCNC(=N)N)NC(=O)[C@@H](NC(=O)[C@H](CC(=O)O)NC(=O)[C@H](CC(=O)O)NC(=O)[C@H](Cc1ccc(O)cc1)NC(=O)[C@@H](N)Cc1cnc[nH]1)C(C)C)C(=O)N[C@@H](CCCCN)C(=O)N[C@@H](CC(N)=O)C(=O)N[C@@H](CC(=O)O)C(=O)N[C@H](C(=O)N[C@H](C(=O)N[C@H](C(=O)N[C@@H](CO)C(=O)N[C@@H](CCCNC(=N)N)C(=O)N[C@@H](CS)C(=O)N[C@@H](CCCCN)C(=O)O)C(C)C)C(C)C)[C@@H](C)CC. The fourth-order valence-electron chi connectivity index (χ4n) is 14.1. The number of unbranched alkanes of at least 4 members (excludes halogenated alkanes) is 2. The molecule has 2 rings (SSSR count). The summed E-state index contributed by atoms with van der Waals surface area (Å²) in [5.41, 5.74) is 34.8. The van der Waals surface area contributed by atoms with Crippen LogP contribution in [0.1, 0.15) is 183 Å². The Bertz CT molecular complexity index is 4670. The number of aromatic nitrogens is 2. The second-order valence-corrected chi connectivity index (χ2v) is 35.9. The number of aromatic amines is 1. The van der Waals surface area contributed by atoms with Crippen molar-refractivity contribution in [3.63, 3.8) is 0 Å². The van der Waals surface area contributed by atoms with Crippen molar-refractivity contribution in [3.05, 3.63) is 48.0 Å². The van der Waals surface area contributed by atoms with E-state index in [1.807, 2.05) is 0 Å². The number of nitrogens with two attached hydrogens (primary N) is 6. The van der Waals surface area contributed by atoms with Crippen molar-refractivity contribution in [2.24, 2.45) is 64.0 Å². The van der Waals surface area contributed by atoms with E-state index in [1.165, 1.54) is 92.2 Å². The lowest BCUT2D eigenvalue weighted by Gasteiger charge is -2.31. The zero-order chi connectivity index (χ0) is 109. The Morgan fingerprint density at radius 1 is 0.375 bits per heavy atom. The molecule has 1 aromatic carbocycles. The van der Waals surface area contributed by atoms with Crippen LogP contribution in [0.4, 0.5) is 0 Å². The van der Waals surface area contributed by atoms with Crippen molar-refractivity contribution in [2.45, 2.75) is 288 Å². The van der Waals surface area contributed by atoms with Gasteiger partial charge in [-0.05, 0) is 125 Å². The minimum Gasteiger partial charge on any atom is -0.508 e. The summed E-state index contributed by atoms with van der Waals surface area (Å²) < 4.78 is 0. The molecule has 0 saturated carbocycles. The highest BCUT2D eigenvalue weighted by Gasteiger charge is 2.43. The monoisotopic (exact) mass is 2060 g/mol. The van der Waals surface area contributed by atoms with Crippen LogP contribution < -0.4 is 130 Å². The molecule has 2 aromatic rings. The third kappa shape index (κ3) is 46.3. The van der Waals surface area contributed by atoms with E-state index in [0.717, 1.165) is 0 Å². The molecule has 0 aliphatic carbocycles. The van der Waals surface area contributed by atoms with Crippen molar-refractivity contribution in [2.75, 3.05) is 38.5 Å². The molecule has 0 aliphatic rings. The number of aromatic hydroxyl groups is 1. The molecular weight excluding hydrogens is 1910 g/mol. The van der Waals surface area contributed by atoms with E-state index in [0.29, 0.717) is 24.1 Å². The number of carbonyl (C=O) groups is 21. The van der Waals surface area contributed by atoms with Crippen LogP contribution in [0.5, 0.6) is 5.75 Å². The number of amides is 17. The summed E-state index contributed by atoms with van der Waals surface area (Å²) >= 11 is 4.16. The third-order valence-electron chi connectivity index (χ3n) is 22.7. The number of primary amides is 1. The lowest BCUT2D eigenvalue weighted by molar-refractivity contribution is -0.143. The topological polar surface area (TPSA) is 929 Å². The zero-order valence-electron chi connectivity index (χ0n) is 82.3. The molecule has 0 aliphatic heterocycles. The first kappa shape index (κ1) is 126. The van der Waals surface area contributed by atoms with Gasteiger partial charge in [-0.2, -0.15) is 12.6 Å². The summed E-state index contributed by atoms with van der Waals surface area (Å²) in [7, 11) is 0. The van der Waals surface area contributed by atoms with E-state index in [2.05, 4.69) is 118 Å². The minimum atomic E-state index is -2.15. The van der Waals surface area contributed by atoms with E-state index in [4.69, 9.17) is 45.2 Å². The molecular formula is C88H146N28O27S. The first-order chi connectivity index (χ1) is 67.7. The Kier molecular flexibility index (Phi) is 56.9. The largest absolute Gasteiger partial charge is 0.508 e. The molecule has 56 heteroatoms. The minimum absolute atomic E-state index is 0.000693. The summed E-state index contributed by atoms with van der Waals surface area (Å²) in [6, 6.07) is -23.8. The molecule has 0 fully saturated rings. The molecule has 39 N–H and O–H groups in total. The van der Waals surface area contributed by atoms with Gasteiger partial charge in [0.15, 0.2) is 11.9 Å². The number of nitrogens with zero attached hydrogens (tertiary/aromatic N) is 1. The number of aliphatic carboxylic acids is 4. The number of carboxylic acids is 4. The Balaban J connectivity index is 2.54. The Morgan fingerprint density at radius 3 is 1.03 bits per heavy atom. The normalized spacial score (nSPS) is 15.1. The number of carbonyl (C=O) groups excluding carboxylic acids is 17. The standard InChI is InChI=1S/C88H146N28O27S/c1-11-44(9)68(115-73(129)52(22-18-30-99-88(95)96)102-81(137)65(41(3)4)112-77(133)57(35-63(122)123)109-76(132)56(34-62(120)121)107-74(130)54(31-46-23-25-48(118)26-24-46)105-70(126)49(91)32-47-37-97-40-100-47)84(140)103-50(19-13-15-27-89)71(127)106-55(33-61(92)119)75(131)108-58(36-64(124)125)78(134)116-69(45(10)12-2)85(141)114-67(43(7)8)83(139)113-66(42(5)6)82(138)110-59(38-117)79(135)101-51(21-17-29-98-87(93)94)72(128)111-60(39-144)80(136)104-53(86(142)143)20-14-16-28-90/h23-26,37,40-45,49-60,65-69,117-118,144H,11-22,27-36,38-39,89-91H2,1-10H3,(H2,92,119)(H,97,100)(H,101,135)(H,102,137)(H,103,140)(H,104,136)(H,105,126)(H,106,127)(H,107,130)(H,108,131)(H,109,132)(H,110,138)(H,111,128)(H,112,133)(H,113,139)(H,114,141)(H,115,129)(H,116,134)(H,120,121)(H,122,123)(H,124,125)(H,142,143)(H4,93,94,98)(H4,95,96,99)/t44-,45-,49-,50-,51-,52-,53-,54-,55-,56-,57-,58-,59-,60-,65-,66-,67-,68-,69-/m0/s1. The number of nitrogens with one attached hydrogen (secondary N) is 21. The molecule has 19 atom stereocenters. The van der Waals surface area contributed by atoms with Crippen molar-refractivity contribution in [1.29, 1.82) is 10.8 Å². The van der Waals surface area contributed by atoms with Crippen molar-refractivity contribution >= 4 is 149 Å². The van der Waals surface area contributed by atoms with Gasteiger partial charge < -0.3 is 166 Å². The number of benzene rings is 1. The van der Waals surface area contributed by atoms with Crippen LogP contribution in [-0.2, 0) is 114 Å². The number of phenolic OH excluding ortho intramolecular Hbond substituents is 1. The van der Waals surface area contributed by atoms with Gasteiger partial charge in [-0.1, -0.05) is 94.2 Å². The summed E-state index contributed by atoms with van der Waals surface area (Å²) in [5.74, 6) is -31.9. The average Bonchev–Trinajstić information content (AvgIpc) is 1.10. The number of aliphatic hydroxyl groups excluding tert-OH is 1. The van der Waals surface area contributed by atoms with Crippen LogP contribution in [0.25, 0.3) is 0 Å². The summed E-state index contributed by atoms with van der Waals surface area (Å²) in [5, 5.41) is 119. The van der Waals surface area contributed by atoms with Gasteiger partial charge in [0.05, 0.1) is 44.7 Å². The second-order valence-electron chi connectivity index (χ2n) is 35.6. The predicted molar refractivity (Wildman–Crippen MR) is 520 cm³/mol. The lowest BCUT2D eigenvalue weighted by Crippen LogP contribution is -2.63. The number of imidazole rings is 1. The molecule has 1 aromatic heterocycles. The number of guanidine groups is 2. The van der Waals surface area contributed by atoms with Gasteiger partial charge >= 0.3 is 23.9 Å². The molecule has 1 heterocycles. The maximum atomic E-state index is 14.8. The first-order valence-electron chi connectivity index (χ1n) is 47.0. The fourth-order valence-corrected chi connectivity index (χ4v) is 14.3. The number of hydrogen-bond acceptors (Lipinski definition) is 30. The maximum absolute atomic E-state index is 14.8. The summed E-state index contributed by atoms with van der Waals surface area (Å²) in [6.45, 7) is 14.1. The number of carboxylic acid groups (broad SMARTS) is 4. The highest BCUT2D eigenvalue weighted by atomic mass is 32.1. The predicted octanol–water partition coefficient (Wildman–Crippen LogP) is -8.86. The number of aliphatic hydroxyl groups is 1. The van der Waals surface area contributed by atoms with Gasteiger partial charge in [0.25, 0.3) is 0 Å². The van der Waals surface area contributed by atoms with Gasteiger partial charge in [-0.15, -0.1) is 0 Å². The molecule has 55 nitrogen and oxygen atoms in total. The second kappa shape index (κ2) is 65.1. The first-order valence-corrected chi connectivity index (χ1v) is 47.6. The quantitative estimate of drug-likeness (QED) is 0.0127. The molecule has 0 unspecified atom stereocenters. The maximum Gasteiger partial charge on any atom is 0.326 e. The van der Waals surface area contributed by atoms with Crippen LogP contribution in [0.2, 0.25) is 0 Å². The Labute approximate surface area is 836 Å². The van der Waals surface area contributed by atoms with Crippen LogP contribution >= 0.6 is 12.6 Å². The van der Waals surface area contributed by atoms with Gasteiger partial charge in [0, 0.05) is 43.6 Å². The Morgan fingerprint density at radius 2 is 0.674 bits per heavy atom. The van der Waals surface area contributed by atoms with Gasteiger partial charge in [-0.3, -0.25) is 107 Å². The third-order valence-corrected chi connectivity index (χ3v) is 23.1. The van der Waals surface area contributed by atoms with Crippen LogP contribution in [0.15, 0.2) is 36.8 Å². The molecule has 0 spiro atoms. The number of phenols is 1. The number of rotatable bonds is 70. The summed E-state index contributed by atoms with van der Waals surface area (Å²) in [4.78, 5) is 297. The van der Waals surface area contributed by atoms with E-state index in [1.54, 1.807) is 13.8 Å². The van der Waals surface area contributed by atoms with E-state index in [9.17, 15) is 131 Å². The fraction of sp³-hybridized carbons (Fsp3) is 0.636. The number of H-pyrrole nitrogens is 1. The van der Waals surface area contributed by atoms with E-state index >= 15 is 0 Å². The van der Waals surface area contributed by atoms with Crippen molar-refractivity contribution < 1.29 is 131 Å². The zero-order valence-corrected chi connectivity index (χ0v) is 83.1. The molecule has 806 valence electrons. The van der Waals surface area contributed by atoms with Crippen LogP contribution in [-0.4, -0.2) is 318 Å². The van der Waals surface area contributed by atoms with E-state index in [-0.39, 0.29) is 115 Å². The Hall–Kier alpha value is -14.2. The molecule has 144 heavy (non-hydrogen) atoms. The highest BCUT2D eigenvalue weighted by molar-refractivity contribution is 7.80. The summed E-state index contributed by atoms with van der Waals surface area (Å²) in [6.07, 6.45) is -1.98. The van der Waals surface area contributed by atoms with Crippen LogP contribution in [0, 0.1) is 40.4 Å². The molecule has 0 saturated heterocycles. The molecule has 0 radical (unpaired) electrons. The van der Waals surface area contributed by atoms with Gasteiger partial charge in [0.1, 0.15) is 102 Å². The molecule has 0 bridgehead atoms. The van der Waals surface area contributed by atoms with Gasteiger partial charge in [-0.25, -0.2) is 9.78 Å². The molecule has 17 amide bonds. The van der Waals surface area contributed by atoms with Crippen molar-refractivity contribution in [1.82, 2.24) is 106 Å². The highest BCUT2D eigenvalue weighted by Crippen LogP contribution is 2.19. The lowest BCUT2D eigenvalue weighted by atomic mass is 9.95. The van der Waals surface area contributed by atoms with Crippen molar-refractivity contribution in [3.8, 4) is 5.75 Å².